The summed E-state index contributed by atoms with van der Waals surface area (Å²) < 4.78 is 24.6. The Morgan fingerprint density at radius 3 is 2.60 bits per heavy atom. The Labute approximate surface area is 176 Å². The van der Waals surface area contributed by atoms with Gasteiger partial charge in [-0.1, -0.05) is 18.2 Å². The molecular weight excluding hydrogens is 387 g/mol. The van der Waals surface area contributed by atoms with E-state index in [-0.39, 0.29) is 23.6 Å². The number of para-hydroxylation sites is 1. The van der Waals surface area contributed by atoms with Crippen molar-refractivity contribution in [1.82, 2.24) is 10.6 Å². The summed E-state index contributed by atoms with van der Waals surface area (Å²) in [5.74, 6) is 0.852. The van der Waals surface area contributed by atoms with Crippen LogP contribution >= 0.6 is 0 Å². The molecule has 0 heterocycles. The summed E-state index contributed by atoms with van der Waals surface area (Å²) >= 11 is 0. The van der Waals surface area contributed by atoms with Crippen LogP contribution in [0.4, 0.5) is 10.1 Å². The largest absolute Gasteiger partial charge is 0.495 e. The van der Waals surface area contributed by atoms with E-state index in [1.165, 1.54) is 13.0 Å². The Kier molecular flexibility index (Phi) is 8.93. The number of carbonyl (C=O) groups excluding carboxylic acids is 1. The van der Waals surface area contributed by atoms with Gasteiger partial charge in [-0.3, -0.25) is 4.79 Å². The summed E-state index contributed by atoms with van der Waals surface area (Å²) in [6.45, 7) is 6.80. The molecular formula is C22H29FN4O3. The van der Waals surface area contributed by atoms with Crippen LogP contribution in [0.5, 0.6) is 11.5 Å². The lowest BCUT2D eigenvalue weighted by molar-refractivity contribution is -0.114. The normalized spacial score (nSPS) is 12.1. The molecule has 0 fully saturated rings. The second-order valence-corrected chi connectivity index (χ2v) is 6.65. The highest BCUT2D eigenvalue weighted by molar-refractivity contribution is 5.90. The van der Waals surface area contributed by atoms with Gasteiger partial charge in [0.2, 0.25) is 5.91 Å². The molecule has 0 aromatic heterocycles. The van der Waals surface area contributed by atoms with E-state index < -0.39 is 0 Å². The Hall–Kier alpha value is -3.29. The smallest absolute Gasteiger partial charge is 0.221 e. The first-order valence-electron chi connectivity index (χ1n) is 9.80. The molecule has 1 atom stereocenters. The number of nitrogens with one attached hydrogen (secondary N) is 3. The van der Waals surface area contributed by atoms with Crippen LogP contribution in [0.2, 0.25) is 0 Å². The van der Waals surface area contributed by atoms with Crippen molar-refractivity contribution in [2.24, 2.45) is 4.99 Å². The predicted octanol–water partition coefficient (Wildman–Crippen LogP) is 3.32. The molecule has 0 spiro atoms. The number of hydrogen-bond donors (Lipinski definition) is 3. The average molecular weight is 416 g/mol. The summed E-state index contributed by atoms with van der Waals surface area (Å²) in [7, 11) is 1.55. The number of hydrogen-bond acceptors (Lipinski definition) is 4. The highest BCUT2D eigenvalue weighted by Crippen LogP contribution is 2.25. The van der Waals surface area contributed by atoms with Crippen molar-refractivity contribution < 1.29 is 18.7 Å². The van der Waals surface area contributed by atoms with E-state index in [1.807, 2.05) is 26.0 Å². The number of halogens is 1. The van der Waals surface area contributed by atoms with Crippen molar-refractivity contribution in [2.45, 2.75) is 33.4 Å². The van der Waals surface area contributed by atoms with Gasteiger partial charge in [0.05, 0.1) is 25.9 Å². The lowest BCUT2D eigenvalue weighted by Gasteiger charge is -2.18. The van der Waals surface area contributed by atoms with Gasteiger partial charge < -0.3 is 25.4 Å². The summed E-state index contributed by atoms with van der Waals surface area (Å²) in [5.41, 5.74) is 1.51. The minimum Gasteiger partial charge on any atom is -0.495 e. The van der Waals surface area contributed by atoms with Crippen LogP contribution in [-0.4, -0.2) is 38.2 Å². The van der Waals surface area contributed by atoms with Crippen LogP contribution in [0.3, 0.4) is 0 Å². The zero-order chi connectivity index (χ0) is 21.9. The number of benzene rings is 2. The molecule has 30 heavy (non-hydrogen) atoms. The van der Waals surface area contributed by atoms with Gasteiger partial charge in [-0.25, -0.2) is 9.38 Å². The summed E-state index contributed by atoms with van der Waals surface area (Å²) in [5, 5.41) is 9.12. The Morgan fingerprint density at radius 1 is 1.17 bits per heavy atom. The standard InChI is InChI=1S/C22H29FN4O3/c1-5-24-22(25-13-15(2)30-20-9-7-6-8-18(20)23)26-14-17-10-11-21(29-4)19(12-17)27-16(3)28/h6-12,15H,5,13-14H2,1-4H3,(H,27,28)(H2,24,25,26). The highest BCUT2D eigenvalue weighted by Gasteiger charge is 2.10. The van der Waals surface area contributed by atoms with Crippen LogP contribution in [0.15, 0.2) is 47.5 Å². The first-order chi connectivity index (χ1) is 14.4. The van der Waals surface area contributed by atoms with Crippen LogP contribution < -0.4 is 25.4 Å². The monoisotopic (exact) mass is 416 g/mol. The maximum atomic E-state index is 13.7. The van der Waals surface area contributed by atoms with Crippen molar-refractivity contribution in [3.05, 3.63) is 53.8 Å². The van der Waals surface area contributed by atoms with E-state index >= 15 is 0 Å². The summed E-state index contributed by atoms with van der Waals surface area (Å²) in [6, 6.07) is 11.8. The topological polar surface area (TPSA) is 84.0 Å². The number of methoxy groups -OCH3 is 1. The van der Waals surface area contributed by atoms with Gasteiger partial charge in [-0.15, -0.1) is 0 Å². The lowest BCUT2D eigenvalue weighted by atomic mass is 10.2. The fraction of sp³-hybridized carbons (Fsp3) is 0.364. The maximum Gasteiger partial charge on any atom is 0.221 e. The fourth-order valence-corrected chi connectivity index (χ4v) is 2.69. The van der Waals surface area contributed by atoms with Gasteiger partial charge in [0, 0.05) is 13.5 Å². The molecule has 162 valence electrons. The average Bonchev–Trinajstić information content (AvgIpc) is 2.71. The number of amides is 1. The third-order valence-corrected chi connectivity index (χ3v) is 4.06. The van der Waals surface area contributed by atoms with Crippen LogP contribution in [0.1, 0.15) is 26.3 Å². The van der Waals surface area contributed by atoms with Crippen LogP contribution in [-0.2, 0) is 11.3 Å². The lowest BCUT2D eigenvalue weighted by Crippen LogP contribution is -2.41. The third kappa shape index (κ3) is 7.27. The zero-order valence-corrected chi connectivity index (χ0v) is 17.8. The molecule has 0 saturated carbocycles. The molecule has 8 heteroatoms. The molecule has 0 saturated heterocycles. The minimum absolute atomic E-state index is 0.173. The number of ether oxygens (including phenoxy) is 2. The molecule has 7 nitrogen and oxygen atoms in total. The third-order valence-electron chi connectivity index (χ3n) is 4.06. The van der Waals surface area contributed by atoms with E-state index in [4.69, 9.17) is 9.47 Å². The second-order valence-electron chi connectivity index (χ2n) is 6.65. The molecule has 3 N–H and O–H groups in total. The maximum absolute atomic E-state index is 13.7. The predicted molar refractivity (Wildman–Crippen MR) is 117 cm³/mol. The summed E-state index contributed by atoms with van der Waals surface area (Å²) in [6.07, 6.45) is -0.266. The highest BCUT2D eigenvalue weighted by atomic mass is 19.1. The quantitative estimate of drug-likeness (QED) is 0.431. The number of carbonyl (C=O) groups is 1. The van der Waals surface area contributed by atoms with Gasteiger partial charge in [0.1, 0.15) is 11.9 Å². The number of anilines is 1. The number of aliphatic imine (C=N–C) groups is 1. The molecule has 0 aliphatic heterocycles. The van der Waals surface area contributed by atoms with Crippen molar-refractivity contribution in [2.75, 3.05) is 25.5 Å². The van der Waals surface area contributed by atoms with Crippen molar-refractivity contribution >= 4 is 17.6 Å². The molecule has 0 bridgehead atoms. The van der Waals surface area contributed by atoms with E-state index in [1.54, 1.807) is 31.4 Å². The second kappa shape index (κ2) is 11.6. The fourth-order valence-electron chi connectivity index (χ4n) is 2.69. The van der Waals surface area contributed by atoms with Gasteiger partial charge in [-0.05, 0) is 43.7 Å². The van der Waals surface area contributed by atoms with Gasteiger partial charge >= 0.3 is 0 Å². The van der Waals surface area contributed by atoms with Crippen LogP contribution in [0, 0.1) is 5.82 Å². The molecule has 1 amide bonds. The molecule has 2 aromatic carbocycles. The Bertz CT molecular complexity index is 873. The number of guanidine groups is 1. The van der Waals surface area contributed by atoms with E-state index in [0.29, 0.717) is 37.0 Å². The van der Waals surface area contributed by atoms with Gasteiger partial charge in [-0.2, -0.15) is 0 Å². The Balaban J connectivity index is 2.00. The van der Waals surface area contributed by atoms with Gasteiger partial charge in [0.15, 0.2) is 17.5 Å². The number of nitrogens with zero attached hydrogens (tertiary/aromatic N) is 1. The first kappa shape index (κ1) is 23.0. The van der Waals surface area contributed by atoms with E-state index in [9.17, 15) is 9.18 Å². The Morgan fingerprint density at radius 2 is 1.93 bits per heavy atom. The first-order valence-corrected chi connectivity index (χ1v) is 9.80. The SMILES string of the molecule is CCNC(=NCc1ccc(OC)c(NC(C)=O)c1)NCC(C)Oc1ccccc1F. The molecule has 1 unspecified atom stereocenters. The van der Waals surface area contributed by atoms with Crippen molar-refractivity contribution in [1.29, 1.82) is 0 Å². The van der Waals surface area contributed by atoms with Gasteiger partial charge in [0.25, 0.3) is 0 Å². The van der Waals surface area contributed by atoms with Crippen molar-refractivity contribution in [3.63, 3.8) is 0 Å². The van der Waals surface area contributed by atoms with E-state index in [2.05, 4.69) is 20.9 Å². The molecule has 2 rings (SSSR count). The number of rotatable bonds is 9. The van der Waals surface area contributed by atoms with Crippen molar-refractivity contribution in [3.8, 4) is 11.5 Å². The van der Waals surface area contributed by atoms with Crippen LogP contribution in [0.25, 0.3) is 0 Å². The molecule has 2 aromatic rings. The molecule has 0 radical (unpaired) electrons. The van der Waals surface area contributed by atoms with E-state index in [0.717, 1.165) is 5.56 Å². The molecule has 0 aliphatic carbocycles. The molecule has 0 aliphatic rings. The minimum atomic E-state index is -0.389. The zero-order valence-electron chi connectivity index (χ0n) is 17.8. The summed E-state index contributed by atoms with van der Waals surface area (Å²) in [4.78, 5) is 16.0.